The molecule has 3 rings (SSSR count). The van der Waals surface area contributed by atoms with Crippen molar-refractivity contribution in [3.8, 4) is 0 Å². The first-order valence-corrected chi connectivity index (χ1v) is 12.1. The minimum atomic E-state index is 0.0639. The maximum atomic E-state index is 12.6. The number of aliphatic imine (C=N–C) groups is 1. The number of nitrogens with one attached hydrogen (secondary N) is 3. The Kier molecular flexibility index (Phi) is 8.94. The second-order valence-electron chi connectivity index (χ2n) is 9.30. The molecule has 2 aliphatic rings. The van der Waals surface area contributed by atoms with Gasteiger partial charge in [0.1, 0.15) is 0 Å². The van der Waals surface area contributed by atoms with Gasteiger partial charge < -0.3 is 20.9 Å². The molecule has 1 aromatic rings. The molecule has 0 spiro atoms. The zero-order valence-electron chi connectivity index (χ0n) is 19.8. The Hall–Kier alpha value is -2.57. The highest BCUT2D eigenvalue weighted by Gasteiger charge is 2.28. The number of nitrogens with zero attached hydrogens (tertiary/aromatic N) is 2. The summed E-state index contributed by atoms with van der Waals surface area (Å²) in [6.45, 7) is 6.22. The van der Waals surface area contributed by atoms with Crippen molar-refractivity contribution in [2.24, 2.45) is 10.9 Å². The second kappa shape index (κ2) is 11.9. The van der Waals surface area contributed by atoms with E-state index >= 15 is 0 Å². The summed E-state index contributed by atoms with van der Waals surface area (Å²) in [6.07, 6.45) is 6.10. The summed E-state index contributed by atoms with van der Waals surface area (Å²) in [7, 11) is 1.76. The van der Waals surface area contributed by atoms with Gasteiger partial charge in [-0.25, -0.2) is 0 Å². The molecule has 1 saturated carbocycles. The minimum Gasteiger partial charge on any atom is -0.356 e. The third-order valence-electron chi connectivity index (χ3n) is 6.38. The molecule has 2 amide bonds. The van der Waals surface area contributed by atoms with Gasteiger partial charge in [-0.05, 0) is 57.1 Å². The highest BCUT2D eigenvalue weighted by Crippen LogP contribution is 2.24. The topological polar surface area (TPSA) is 85.8 Å². The third kappa shape index (κ3) is 6.97. The molecule has 3 N–H and O–H groups in total. The molecule has 1 aliphatic carbocycles. The van der Waals surface area contributed by atoms with Crippen LogP contribution in [0.15, 0.2) is 29.3 Å². The monoisotopic (exact) mass is 441 g/mol. The van der Waals surface area contributed by atoms with E-state index in [1.54, 1.807) is 7.05 Å². The first-order valence-electron chi connectivity index (χ1n) is 12.1. The first-order chi connectivity index (χ1) is 15.5. The smallest absolute Gasteiger partial charge is 0.223 e. The lowest BCUT2D eigenvalue weighted by Crippen LogP contribution is -2.47. The van der Waals surface area contributed by atoms with E-state index in [1.165, 1.54) is 11.1 Å². The minimum absolute atomic E-state index is 0.0639. The SMILES string of the molecule is CN=C(NCCCC(=O)N1CCc2ccccc2C1)NC1CCCC(C(=O)NC(C)C)C1. The maximum absolute atomic E-state index is 12.6. The van der Waals surface area contributed by atoms with Gasteiger partial charge in [-0.15, -0.1) is 0 Å². The predicted molar refractivity (Wildman–Crippen MR) is 128 cm³/mol. The number of guanidine groups is 1. The summed E-state index contributed by atoms with van der Waals surface area (Å²) in [6, 6.07) is 8.80. The Morgan fingerprint density at radius 3 is 2.72 bits per heavy atom. The molecule has 1 fully saturated rings. The standard InChI is InChI=1S/C25H39N5O2/c1-18(2)28-24(32)20-10-6-11-22(16-20)29-25(26-3)27-14-7-12-23(31)30-15-13-19-8-4-5-9-21(19)17-30/h4-5,8-9,18,20,22H,6-7,10-17H2,1-3H3,(H,28,32)(H2,26,27,29). The zero-order chi connectivity index (χ0) is 22.9. The maximum Gasteiger partial charge on any atom is 0.223 e. The van der Waals surface area contributed by atoms with Crippen molar-refractivity contribution < 1.29 is 9.59 Å². The van der Waals surface area contributed by atoms with Gasteiger partial charge in [-0.2, -0.15) is 0 Å². The number of rotatable bonds is 7. The Bertz CT molecular complexity index is 807. The molecule has 0 bridgehead atoms. The Balaban J connectivity index is 1.37. The Morgan fingerprint density at radius 2 is 1.97 bits per heavy atom. The van der Waals surface area contributed by atoms with E-state index in [-0.39, 0.29) is 29.8 Å². The van der Waals surface area contributed by atoms with Crippen LogP contribution in [0.25, 0.3) is 0 Å². The summed E-state index contributed by atoms with van der Waals surface area (Å²) in [5.41, 5.74) is 2.63. The molecule has 0 aromatic heterocycles. The number of amides is 2. The average molecular weight is 442 g/mol. The van der Waals surface area contributed by atoms with Crippen LogP contribution in [0.3, 0.4) is 0 Å². The number of hydrogen-bond acceptors (Lipinski definition) is 3. The van der Waals surface area contributed by atoms with Crippen LogP contribution in [0.1, 0.15) is 63.5 Å². The molecule has 0 saturated heterocycles. The van der Waals surface area contributed by atoms with Crippen LogP contribution >= 0.6 is 0 Å². The van der Waals surface area contributed by atoms with Crippen LogP contribution in [-0.2, 0) is 22.6 Å². The second-order valence-corrected chi connectivity index (χ2v) is 9.30. The van der Waals surface area contributed by atoms with Gasteiger partial charge in [-0.3, -0.25) is 14.6 Å². The number of benzene rings is 1. The summed E-state index contributed by atoms with van der Waals surface area (Å²) in [5, 5.41) is 9.84. The molecule has 1 aromatic carbocycles. The van der Waals surface area contributed by atoms with Crippen molar-refractivity contribution >= 4 is 17.8 Å². The van der Waals surface area contributed by atoms with Crippen molar-refractivity contribution in [3.05, 3.63) is 35.4 Å². The molecule has 7 nitrogen and oxygen atoms in total. The molecule has 7 heteroatoms. The molecule has 32 heavy (non-hydrogen) atoms. The highest BCUT2D eigenvalue weighted by atomic mass is 16.2. The van der Waals surface area contributed by atoms with Crippen LogP contribution < -0.4 is 16.0 Å². The van der Waals surface area contributed by atoms with Crippen molar-refractivity contribution in [2.45, 2.75) is 77.4 Å². The molecule has 176 valence electrons. The van der Waals surface area contributed by atoms with Crippen LogP contribution in [0, 0.1) is 5.92 Å². The van der Waals surface area contributed by atoms with Crippen LogP contribution in [-0.4, -0.2) is 54.9 Å². The normalized spacial score (nSPS) is 21.1. The average Bonchev–Trinajstić information content (AvgIpc) is 2.80. The quantitative estimate of drug-likeness (QED) is 0.345. The van der Waals surface area contributed by atoms with E-state index < -0.39 is 0 Å². The van der Waals surface area contributed by atoms with Gasteiger partial charge in [-0.1, -0.05) is 30.7 Å². The molecule has 2 atom stereocenters. The number of carbonyl (C=O) groups is 2. The van der Waals surface area contributed by atoms with Gasteiger partial charge in [0.05, 0.1) is 0 Å². The lowest BCUT2D eigenvalue weighted by atomic mass is 9.85. The van der Waals surface area contributed by atoms with Gasteiger partial charge in [0, 0.05) is 51.1 Å². The molecule has 2 unspecified atom stereocenters. The lowest BCUT2D eigenvalue weighted by molar-refractivity contribution is -0.132. The zero-order valence-corrected chi connectivity index (χ0v) is 19.8. The Morgan fingerprint density at radius 1 is 1.19 bits per heavy atom. The predicted octanol–water partition coefficient (Wildman–Crippen LogP) is 2.60. The summed E-state index contributed by atoms with van der Waals surface area (Å²) in [4.78, 5) is 31.3. The number of carbonyl (C=O) groups excluding carboxylic acids is 2. The van der Waals surface area contributed by atoms with Crippen LogP contribution in [0.4, 0.5) is 0 Å². The molecular formula is C25H39N5O2. The highest BCUT2D eigenvalue weighted by molar-refractivity contribution is 5.81. The van der Waals surface area contributed by atoms with Crippen molar-refractivity contribution in [1.29, 1.82) is 0 Å². The van der Waals surface area contributed by atoms with E-state index in [0.717, 1.165) is 57.6 Å². The molecule has 1 aliphatic heterocycles. The molecule has 1 heterocycles. The fraction of sp³-hybridized carbons (Fsp3) is 0.640. The summed E-state index contributed by atoms with van der Waals surface area (Å²) in [5.74, 6) is 1.19. The third-order valence-corrected chi connectivity index (χ3v) is 6.38. The van der Waals surface area contributed by atoms with E-state index in [9.17, 15) is 9.59 Å². The summed E-state index contributed by atoms with van der Waals surface area (Å²) < 4.78 is 0. The van der Waals surface area contributed by atoms with Crippen LogP contribution in [0.2, 0.25) is 0 Å². The van der Waals surface area contributed by atoms with E-state index in [1.807, 2.05) is 24.8 Å². The number of hydrogen-bond donors (Lipinski definition) is 3. The van der Waals surface area contributed by atoms with Gasteiger partial charge in [0.15, 0.2) is 5.96 Å². The van der Waals surface area contributed by atoms with E-state index in [0.29, 0.717) is 13.0 Å². The van der Waals surface area contributed by atoms with E-state index in [4.69, 9.17) is 0 Å². The molecular weight excluding hydrogens is 402 g/mol. The Labute approximate surface area is 192 Å². The van der Waals surface area contributed by atoms with E-state index in [2.05, 4.69) is 39.1 Å². The first kappa shape index (κ1) is 24.1. The molecule has 0 radical (unpaired) electrons. The summed E-state index contributed by atoms with van der Waals surface area (Å²) >= 11 is 0. The van der Waals surface area contributed by atoms with Crippen molar-refractivity contribution in [2.75, 3.05) is 20.1 Å². The lowest BCUT2D eigenvalue weighted by Gasteiger charge is -2.30. The van der Waals surface area contributed by atoms with Crippen LogP contribution in [0.5, 0.6) is 0 Å². The largest absolute Gasteiger partial charge is 0.356 e. The number of fused-ring (bicyclic) bond motifs is 1. The fourth-order valence-electron chi connectivity index (χ4n) is 4.66. The van der Waals surface area contributed by atoms with Gasteiger partial charge >= 0.3 is 0 Å². The van der Waals surface area contributed by atoms with Gasteiger partial charge in [0.2, 0.25) is 11.8 Å². The van der Waals surface area contributed by atoms with Crippen molar-refractivity contribution in [3.63, 3.8) is 0 Å². The van der Waals surface area contributed by atoms with Gasteiger partial charge in [0.25, 0.3) is 0 Å². The fourth-order valence-corrected chi connectivity index (χ4v) is 4.66. The van der Waals surface area contributed by atoms with Crippen molar-refractivity contribution in [1.82, 2.24) is 20.9 Å².